The normalized spacial score (nSPS) is 12.1. The van der Waals surface area contributed by atoms with Crippen molar-refractivity contribution in [2.45, 2.75) is 26.9 Å². The summed E-state index contributed by atoms with van der Waals surface area (Å²) in [5, 5.41) is 9.55. The minimum atomic E-state index is -0.420. The Bertz CT molecular complexity index is 933. The number of hydrogen-bond donors (Lipinski definition) is 3. The monoisotopic (exact) mass is 458 g/mol. The van der Waals surface area contributed by atoms with Gasteiger partial charge in [0.15, 0.2) is 16.6 Å². The maximum absolute atomic E-state index is 12.6. The number of carbonyl (C=O) groups is 1. The predicted octanol–water partition coefficient (Wildman–Crippen LogP) is 3.60. The number of pyridine rings is 1. The van der Waals surface area contributed by atoms with Gasteiger partial charge in [0.25, 0.3) is 0 Å². The summed E-state index contributed by atoms with van der Waals surface area (Å²) >= 11 is 5.40. The van der Waals surface area contributed by atoms with E-state index in [9.17, 15) is 4.79 Å². The van der Waals surface area contributed by atoms with Crippen molar-refractivity contribution in [3.05, 3.63) is 48.3 Å². The van der Waals surface area contributed by atoms with Crippen LogP contribution in [0.15, 0.2) is 42.7 Å². The highest BCUT2D eigenvalue weighted by Gasteiger charge is 2.26. The van der Waals surface area contributed by atoms with Gasteiger partial charge in [-0.1, -0.05) is 20.8 Å². The van der Waals surface area contributed by atoms with Gasteiger partial charge in [-0.05, 0) is 48.1 Å². The van der Waals surface area contributed by atoms with Crippen molar-refractivity contribution < 1.29 is 19.0 Å². The number of anilines is 1. The van der Waals surface area contributed by atoms with Gasteiger partial charge in [0.05, 0.1) is 33.2 Å². The first-order valence-electron chi connectivity index (χ1n) is 9.94. The molecular formula is C23H30N4O4S. The largest absolute Gasteiger partial charge is 0.493 e. The molecule has 0 spiro atoms. The number of methoxy groups -OCH3 is 3. The number of nitrogens with one attached hydrogen (secondary N) is 3. The molecule has 1 unspecified atom stereocenters. The molecular weight excluding hydrogens is 428 g/mol. The van der Waals surface area contributed by atoms with Crippen molar-refractivity contribution in [1.29, 1.82) is 0 Å². The van der Waals surface area contributed by atoms with E-state index in [1.807, 2.05) is 32.9 Å². The summed E-state index contributed by atoms with van der Waals surface area (Å²) < 4.78 is 16.0. The highest BCUT2D eigenvalue weighted by Crippen LogP contribution is 2.38. The van der Waals surface area contributed by atoms with Gasteiger partial charge in [0.2, 0.25) is 11.7 Å². The van der Waals surface area contributed by atoms with Crippen molar-refractivity contribution in [3.63, 3.8) is 0 Å². The molecule has 172 valence electrons. The lowest BCUT2D eigenvalue weighted by molar-refractivity contribution is -0.118. The lowest BCUT2D eigenvalue weighted by atomic mass is 9.92. The Morgan fingerprint density at radius 2 is 1.75 bits per heavy atom. The van der Waals surface area contributed by atoms with Crippen molar-refractivity contribution in [2.75, 3.05) is 26.6 Å². The molecule has 0 aliphatic heterocycles. The van der Waals surface area contributed by atoms with E-state index < -0.39 is 6.17 Å². The second kappa shape index (κ2) is 11.3. The number of thiocarbonyl (C=S) groups is 1. The number of amides is 1. The van der Waals surface area contributed by atoms with E-state index in [1.54, 1.807) is 44.8 Å². The predicted molar refractivity (Wildman–Crippen MR) is 130 cm³/mol. The minimum Gasteiger partial charge on any atom is -0.493 e. The van der Waals surface area contributed by atoms with Crippen molar-refractivity contribution in [2.24, 2.45) is 5.41 Å². The van der Waals surface area contributed by atoms with Crippen LogP contribution in [-0.4, -0.2) is 43.5 Å². The molecule has 2 rings (SSSR count). The van der Waals surface area contributed by atoms with E-state index in [-0.39, 0.29) is 11.3 Å². The summed E-state index contributed by atoms with van der Waals surface area (Å²) in [7, 11) is 4.62. The van der Waals surface area contributed by atoms with E-state index >= 15 is 0 Å². The Kier molecular flexibility index (Phi) is 8.83. The maximum Gasteiger partial charge on any atom is 0.245 e. The highest BCUT2D eigenvalue weighted by molar-refractivity contribution is 7.80. The smallest absolute Gasteiger partial charge is 0.245 e. The average Bonchev–Trinajstić information content (AvgIpc) is 2.76. The minimum absolute atomic E-state index is 0.282. The van der Waals surface area contributed by atoms with E-state index in [2.05, 4.69) is 20.9 Å². The van der Waals surface area contributed by atoms with Crippen LogP contribution in [0.25, 0.3) is 6.08 Å². The Hall–Kier alpha value is -3.33. The molecule has 9 heteroatoms. The Morgan fingerprint density at radius 3 is 2.25 bits per heavy atom. The quantitative estimate of drug-likeness (QED) is 0.314. The van der Waals surface area contributed by atoms with Gasteiger partial charge in [0, 0.05) is 17.7 Å². The van der Waals surface area contributed by atoms with Crippen LogP contribution in [-0.2, 0) is 4.79 Å². The van der Waals surface area contributed by atoms with E-state index in [0.29, 0.717) is 22.4 Å². The number of aromatic nitrogens is 1. The van der Waals surface area contributed by atoms with Crippen LogP contribution in [0.5, 0.6) is 17.2 Å². The maximum atomic E-state index is 12.6. The molecule has 1 amide bonds. The van der Waals surface area contributed by atoms with Gasteiger partial charge in [-0.3, -0.25) is 9.78 Å². The van der Waals surface area contributed by atoms with Crippen LogP contribution < -0.4 is 30.2 Å². The molecule has 0 aliphatic carbocycles. The van der Waals surface area contributed by atoms with Crippen LogP contribution in [0.1, 0.15) is 26.3 Å². The summed E-state index contributed by atoms with van der Waals surface area (Å²) in [4.78, 5) is 16.7. The van der Waals surface area contributed by atoms with E-state index in [4.69, 9.17) is 26.4 Å². The molecule has 1 aromatic heterocycles. The van der Waals surface area contributed by atoms with Crippen LogP contribution in [0.2, 0.25) is 0 Å². The van der Waals surface area contributed by atoms with Gasteiger partial charge in [0.1, 0.15) is 6.17 Å². The highest BCUT2D eigenvalue weighted by atomic mass is 32.1. The van der Waals surface area contributed by atoms with Gasteiger partial charge in [-0.25, -0.2) is 0 Å². The topological polar surface area (TPSA) is 93.7 Å². The molecule has 3 N–H and O–H groups in total. The molecule has 1 aromatic carbocycles. The molecule has 8 nitrogen and oxygen atoms in total. The second-order valence-corrected chi connectivity index (χ2v) is 8.35. The Labute approximate surface area is 194 Å². The lowest BCUT2D eigenvalue weighted by Crippen LogP contribution is -2.55. The number of rotatable bonds is 8. The first-order chi connectivity index (χ1) is 15.2. The molecule has 1 heterocycles. The van der Waals surface area contributed by atoms with Crippen LogP contribution in [0.4, 0.5) is 5.69 Å². The third-order valence-electron chi connectivity index (χ3n) is 4.46. The fraction of sp³-hybridized carbons (Fsp3) is 0.348. The number of benzene rings is 1. The van der Waals surface area contributed by atoms with Crippen LogP contribution in [0.3, 0.4) is 0 Å². The summed E-state index contributed by atoms with van der Waals surface area (Å²) in [6.45, 7) is 6.00. The molecule has 32 heavy (non-hydrogen) atoms. The third-order valence-corrected chi connectivity index (χ3v) is 4.68. The third kappa shape index (κ3) is 7.12. The number of nitrogens with zero attached hydrogens (tertiary/aromatic N) is 1. The molecule has 0 saturated heterocycles. The van der Waals surface area contributed by atoms with Gasteiger partial charge in [-0.15, -0.1) is 0 Å². The first-order valence-corrected chi connectivity index (χ1v) is 10.3. The fourth-order valence-corrected chi connectivity index (χ4v) is 3.00. The molecule has 0 bridgehead atoms. The van der Waals surface area contributed by atoms with E-state index in [1.165, 1.54) is 13.2 Å². The Balaban J connectivity index is 2.10. The summed E-state index contributed by atoms with van der Waals surface area (Å²) in [6, 6.07) is 7.18. The van der Waals surface area contributed by atoms with Crippen molar-refractivity contribution >= 4 is 35.0 Å². The van der Waals surface area contributed by atoms with E-state index in [0.717, 1.165) is 11.3 Å². The zero-order chi connectivity index (χ0) is 23.7. The van der Waals surface area contributed by atoms with Gasteiger partial charge < -0.3 is 30.2 Å². The number of carbonyl (C=O) groups excluding carboxylic acids is 1. The Morgan fingerprint density at radius 1 is 1.09 bits per heavy atom. The number of hydrogen-bond acceptors (Lipinski definition) is 6. The molecule has 0 fully saturated rings. The van der Waals surface area contributed by atoms with Gasteiger partial charge in [-0.2, -0.15) is 0 Å². The molecule has 2 aromatic rings. The standard InChI is InChI=1S/C23H30N4O4S/c1-23(2,3)21(27-22(32)25-16-8-7-11-24-14-16)26-19(28)10-9-15-12-17(29-4)20(31-6)18(13-15)30-5/h7-14,21H,1-6H3,(H,26,28)(H2,25,27,32). The molecule has 0 radical (unpaired) electrons. The average molecular weight is 459 g/mol. The summed E-state index contributed by atoms with van der Waals surface area (Å²) in [6.07, 6.45) is 6.04. The molecule has 0 aliphatic rings. The van der Waals surface area contributed by atoms with Crippen LogP contribution >= 0.6 is 12.2 Å². The van der Waals surface area contributed by atoms with Gasteiger partial charge >= 0.3 is 0 Å². The zero-order valence-electron chi connectivity index (χ0n) is 19.2. The first kappa shape index (κ1) is 24.9. The summed E-state index contributed by atoms with van der Waals surface area (Å²) in [5.41, 5.74) is 1.17. The van der Waals surface area contributed by atoms with Crippen molar-refractivity contribution in [3.8, 4) is 17.2 Å². The molecule has 0 saturated carbocycles. The zero-order valence-corrected chi connectivity index (χ0v) is 20.0. The second-order valence-electron chi connectivity index (χ2n) is 7.94. The van der Waals surface area contributed by atoms with Crippen molar-refractivity contribution in [1.82, 2.24) is 15.6 Å². The molecule has 1 atom stereocenters. The summed E-state index contributed by atoms with van der Waals surface area (Å²) in [5.74, 6) is 1.22. The number of ether oxygens (including phenoxy) is 3. The van der Waals surface area contributed by atoms with Crippen LogP contribution in [0, 0.1) is 5.41 Å². The lowest BCUT2D eigenvalue weighted by Gasteiger charge is -2.32. The SMILES string of the molecule is COc1cc(C=CC(=O)NC(NC(=S)Nc2cccnc2)C(C)(C)C)cc(OC)c1OC. The fourth-order valence-electron chi connectivity index (χ4n) is 2.76.